The maximum Gasteiger partial charge on any atom is 0.166 e. The Morgan fingerprint density at radius 3 is 2.71 bits per heavy atom. The van der Waals surface area contributed by atoms with E-state index in [0.29, 0.717) is 17.2 Å². The van der Waals surface area contributed by atoms with Crippen LogP contribution < -0.4 is 4.74 Å². The van der Waals surface area contributed by atoms with Crippen LogP contribution in [0, 0.1) is 5.92 Å². The summed E-state index contributed by atoms with van der Waals surface area (Å²) in [6, 6.07) is 13.8. The number of pyridine rings is 1. The van der Waals surface area contributed by atoms with Crippen molar-refractivity contribution in [1.29, 1.82) is 0 Å². The zero-order valence-corrected chi connectivity index (χ0v) is 20.1. The fourth-order valence-corrected chi connectivity index (χ4v) is 7.77. The molecule has 178 valence electrons. The largest absolute Gasteiger partial charge is 0.504 e. The molecule has 2 N–H and O–H groups in total. The van der Waals surface area contributed by atoms with Crippen molar-refractivity contribution in [2.75, 3.05) is 13.1 Å². The lowest BCUT2D eigenvalue weighted by molar-refractivity contribution is -0.173. The first-order valence-electron chi connectivity index (χ1n) is 12.7. The highest BCUT2D eigenvalue weighted by Crippen LogP contribution is 2.68. The summed E-state index contributed by atoms with van der Waals surface area (Å²) in [4.78, 5) is 7.50. The molecule has 5 nitrogen and oxygen atoms in total. The van der Waals surface area contributed by atoms with Crippen LogP contribution in [0.4, 0.5) is 0 Å². The smallest absolute Gasteiger partial charge is 0.166 e. The molecule has 35 heavy (non-hydrogen) atoms. The molecular weight excluding hydrogens is 460 g/mol. The standard InChI is InChI=1S/C29H27ClN2O3/c30-21-6-3-17(4-7-21)20-11-19-13-29(34)23-12-18-5-8-22(33)26-24(18)28(29,27(35-26)25(19)31-14-20)9-10-32(23)15-16-1-2-16/h3-8,11,14,16,23,27,33-34H,1-2,9-10,12-13,15H2/t23-,27-,28-,29+/m0/s1. The van der Waals surface area contributed by atoms with Crippen molar-refractivity contribution in [2.24, 2.45) is 5.92 Å². The van der Waals surface area contributed by atoms with E-state index in [9.17, 15) is 10.2 Å². The third kappa shape index (κ3) is 2.59. The fraction of sp³-hybridized carbons (Fsp3) is 0.414. The molecule has 1 saturated carbocycles. The number of hydrogen-bond donors (Lipinski definition) is 2. The van der Waals surface area contributed by atoms with Gasteiger partial charge < -0.3 is 14.9 Å². The number of phenolic OH excluding ortho intramolecular Hbond substituents is 1. The molecule has 4 atom stereocenters. The van der Waals surface area contributed by atoms with Gasteiger partial charge in [0, 0.05) is 41.4 Å². The Bertz CT molecular complexity index is 1390. The van der Waals surface area contributed by atoms with Gasteiger partial charge in [0.25, 0.3) is 0 Å². The molecule has 2 bridgehead atoms. The summed E-state index contributed by atoms with van der Waals surface area (Å²) >= 11 is 6.11. The van der Waals surface area contributed by atoms with Crippen LogP contribution in [0.2, 0.25) is 5.02 Å². The molecule has 6 heteroatoms. The fourth-order valence-electron chi connectivity index (χ4n) is 7.64. The van der Waals surface area contributed by atoms with Crippen molar-refractivity contribution < 1.29 is 14.9 Å². The molecule has 0 radical (unpaired) electrons. The Morgan fingerprint density at radius 2 is 1.91 bits per heavy atom. The van der Waals surface area contributed by atoms with Crippen LogP contribution >= 0.6 is 11.6 Å². The molecule has 2 fully saturated rings. The number of rotatable bonds is 3. The van der Waals surface area contributed by atoms with Gasteiger partial charge in [0.2, 0.25) is 0 Å². The molecule has 3 aliphatic carbocycles. The normalized spacial score (nSPS) is 32.1. The zero-order valence-electron chi connectivity index (χ0n) is 19.4. The van der Waals surface area contributed by atoms with E-state index in [1.54, 1.807) is 6.07 Å². The monoisotopic (exact) mass is 486 g/mol. The van der Waals surface area contributed by atoms with E-state index in [1.807, 2.05) is 36.5 Å². The Labute approximate surface area is 209 Å². The minimum atomic E-state index is -0.982. The average Bonchev–Trinajstić information content (AvgIpc) is 3.59. The van der Waals surface area contributed by atoms with Gasteiger partial charge in [-0.3, -0.25) is 9.88 Å². The predicted molar refractivity (Wildman–Crippen MR) is 133 cm³/mol. The lowest BCUT2D eigenvalue weighted by Crippen LogP contribution is -2.74. The van der Waals surface area contributed by atoms with Crippen molar-refractivity contribution in [1.82, 2.24) is 9.88 Å². The molecule has 3 heterocycles. The van der Waals surface area contributed by atoms with Gasteiger partial charge in [0.1, 0.15) is 0 Å². The molecular formula is C29H27ClN2O3. The minimum Gasteiger partial charge on any atom is -0.504 e. The summed E-state index contributed by atoms with van der Waals surface area (Å²) in [5, 5.41) is 24.3. The van der Waals surface area contributed by atoms with Gasteiger partial charge in [0.05, 0.1) is 16.7 Å². The number of aromatic hydroxyl groups is 1. The molecule has 2 aromatic carbocycles. The highest BCUT2D eigenvalue weighted by atomic mass is 35.5. The number of halogens is 1. The Morgan fingerprint density at radius 1 is 1.09 bits per heavy atom. The van der Waals surface area contributed by atoms with E-state index < -0.39 is 17.1 Å². The van der Waals surface area contributed by atoms with Gasteiger partial charge in [-0.2, -0.15) is 0 Å². The third-order valence-corrected chi connectivity index (χ3v) is 9.65. The summed E-state index contributed by atoms with van der Waals surface area (Å²) in [6.45, 7) is 2.00. The van der Waals surface area contributed by atoms with Crippen molar-refractivity contribution in [3.63, 3.8) is 0 Å². The lowest BCUT2D eigenvalue weighted by atomic mass is 9.49. The van der Waals surface area contributed by atoms with E-state index in [-0.39, 0.29) is 11.8 Å². The van der Waals surface area contributed by atoms with Crippen LogP contribution in [-0.4, -0.2) is 44.8 Å². The summed E-state index contributed by atoms with van der Waals surface area (Å²) in [7, 11) is 0. The Hall–Kier alpha value is -2.60. The van der Waals surface area contributed by atoms with Crippen molar-refractivity contribution in [2.45, 2.75) is 55.3 Å². The first kappa shape index (κ1) is 20.6. The van der Waals surface area contributed by atoms with Crippen molar-refractivity contribution in [3.05, 3.63) is 76.1 Å². The highest BCUT2D eigenvalue weighted by molar-refractivity contribution is 6.30. The van der Waals surface area contributed by atoms with Crippen LogP contribution in [0.5, 0.6) is 11.5 Å². The maximum absolute atomic E-state index is 12.8. The molecule has 5 aliphatic rings. The van der Waals surface area contributed by atoms with Gasteiger partial charge in [-0.25, -0.2) is 0 Å². The lowest BCUT2D eigenvalue weighted by Gasteiger charge is -2.63. The van der Waals surface area contributed by atoms with E-state index in [2.05, 4.69) is 11.0 Å². The average molecular weight is 487 g/mol. The maximum atomic E-state index is 12.8. The molecule has 3 aromatic rings. The number of aliphatic hydroxyl groups is 1. The highest BCUT2D eigenvalue weighted by Gasteiger charge is 2.72. The summed E-state index contributed by atoms with van der Waals surface area (Å²) in [5.41, 5.74) is 4.66. The van der Waals surface area contributed by atoms with E-state index in [1.165, 1.54) is 18.4 Å². The second-order valence-electron chi connectivity index (χ2n) is 11.2. The van der Waals surface area contributed by atoms with E-state index in [4.69, 9.17) is 21.3 Å². The number of piperidine rings is 1. The topological polar surface area (TPSA) is 65.8 Å². The van der Waals surface area contributed by atoms with Gasteiger partial charge in [0.15, 0.2) is 17.6 Å². The number of likely N-dealkylation sites (tertiary alicyclic amines) is 1. The van der Waals surface area contributed by atoms with Gasteiger partial charge in [-0.05, 0) is 79.1 Å². The quantitative estimate of drug-likeness (QED) is 0.556. The Balaban J connectivity index is 1.32. The minimum absolute atomic E-state index is 0.0262. The Kier molecular flexibility index (Phi) is 3.99. The van der Waals surface area contributed by atoms with Crippen LogP contribution in [0.15, 0.2) is 48.7 Å². The number of benzene rings is 2. The first-order chi connectivity index (χ1) is 17.0. The van der Waals surface area contributed by atoms with Crippen LogP contribution in [-0.2, 0) is 18.3 Å². The zero-order chi connectivity index (χ0) is 23.5. The molecule has 0 amide bonds. The van der Waals surface area contributed by atoms with Crippen molar-refractivity contribution >= 4 is 11.6 Å². The van der Waals surface area contributed by atoms with Crippen LogP contribution in [0.3, 0.4) is 0 Å². The number of nitrogens with zero attached hydrogens (tertiary/aromatic N) is 2. The SMILES string of the molecule is Oc1ccc2c3c1O[C@H]1c4ncc(-c5ccc(Cl)cc5)cc4C[C@@]4(O)[C@H](C2)N(CC2CC2)CC[C@]314. The third-order valence-electron chi connectivity index (χ3n) is 9.40. The molecule has 1 spiro atoms. The van der Waals surface area contributed by atoms with Gasteiger partial charge >= 0.3 is 0 Å². The second kappa shape index (κ2) is 6.78. The number of fused-ring (bicyclic) bond motifs is 2. The molecule has 0 unspecified atom stereocenters. The van der Waals surface area contributed by atoms with Crippen LogP contribution in [0.25, 0.3) is 11.1 Å². The van der Waals surface area contributed by atoms with Crippen molar-refractivity contribution in [3.8, 4) is 22.6 Å². The molecule has 8 rings (SSSR count). The van der Waals surface area contributed by atoms with Gasteiger partial charge in [-0.1, -0.05) is 29.8 Å². The first-order valence-corrected chi connectivity index (χ1v) is 13.1. The summed E-state index contributed by atoms with van der Waals surface area (Å²) < 4.78 is 6.58. The molecule has 2 aliphatic heterocycles. The second-order valence-corrected chi connectivity index (χ2v) is 11.6. The molecule has 1 aromatic heterocycles. The van der Waals surface area contributed by atoms with Gasteiger partial charge in [-0.15, -0.1) is 0 Å². The number of hydrogen-bond acceptors (Lipinski definition) is 5. The van der Waals surface area contributed by atoms with E-state index >= 15 is 0 Å². The molecule has 1 saturated heterocycles. The van der Waals surface area contributed by atoms with Crippen LogP contribution in [0.1, 0.15) is 47.8 Å². The van der Waals surface area contributed by atoms with E-state index in [0.717, 1.165) is 59.8 Å². The summed E-state index contributed by atoms with van der Waals surface area (Å²) in [5.74, 6) is 1.47. The summed E-state index contributed by atoms with van der Waals surface area (Å²) in [6.07, 6.45) is 6.22. The number of phenols is 1. The number of aromatic nitrogens is 1. The predicted octanol–water partition coefficient (Wildman–Crippen LogP) is 4.81. The number of ether oxygens (including phenoxy) is 1.